The van der Waals surface area contributed by atoms with Crippen LogP contribution >= 0.6 is 0 Å². The van der Waals surface area contributed by atoms with E-state index in [4.69, 9.17) is 4.74 Å². The number of nitrogens with one attached hydrogen (secondary N) is 1. The molecule has 1 aromatic carbocycles. The highest BCUT2D eigenvalue weighted by molar-refractivity contribution is 7.89. The van der Waals surface area contributed by atoms with Crippen LogP contribution in [0.25, 0.3) is 0 Å². The van der Waals surface area contributed by atoms with Crippen LogP contribution in [-0.4, -0.2) is 44.0 Å². The third kappa shape index (κ3) is 4.26. The summed E-state index contributed by atoms with van der Waals surface area (Å²) in [5.74, 6) is -1.28. The molecule has 1 saturated heterocycles. The minimum Gasteiger partial charge on any atom is -0.480 e. The summed E-state index contributed by atoms with van der Waals surface area (Å²) in [6.45, 7) is 0.487. The van der Waals surface area contributed by atoms with Crippen molar-refractivity contribution in [3.8, 4) is 0 Å². The number of rotatable bonds is 6. The van der Waals surface area contributed by atoms with Crippen LogP contribution in [0.3, 0.4) is 0 Å². The summed E-state index contributed by atoms with van der Waals surface area (Å²) in [5.41, 5.74) is -0.535. The van der Waals surface area contributed by atoms with Crippen molar-refractivity contribution in [1.82, 2.24) is 4.72 Å². The van der Waals surface area contributed by atoms with Crippen molar-refractivity contribution < 1.29 is 23.1 Å². The van der Waals surface area contributed by atoms with Crippen LogP contribution in [0.2, 0.25) is 0 Å². The molecule has 21 heavy (non-hydrogen) atoms. The summed E-state index contributed by atoms with van der Waals surface area (Å²) in [6.07, 6.45) is 0.641. The number of hydrogen-bond acceptors (Lipinski definition) is 4. The number of ether oxygens (including phenoxy) is 1. The Kier molecular flexibility index (Phi) is 4.97. The topological polar surface area (TPSA) is 92.7 Å². The van der Waals surface area contributed by atoms with Gasteiger partial charge < -0.3 is 9.84 Å². The van der Waals surface area contributed by atoms with Crippen LogP contribution in [-0.2, 0) is 26.0 Å². The Morgan fingerprint density at radius 3 is 2.43 bits per heavy atom. The number of carboxylic acids is 1. The Bertz CT molecular complexity index is 579. The molecule has 1 fully saturated rings. The lowest BCUT2D eigenvalue weighted by molar-refractivity contribution is -0.147. The van der Waals surface area contributed by atoms with E-state index < -0.39 is 21.5 Å². The second kappa shape index (κ2) is 6.55. The average Bonchev–Trinajstić information content (AvgIpc) is 2.47. The molecule has 0 bridgehead atoms. The molecular weight excluding hydrogens is 294 g/mol. The van der Waals surface area contributed by atoms with E-state index in [-0.39, 0.29) is 31.8 Å². The van der Waals surface area contributed by atoms with Crippen LogP contribution in [0, 0.1) is 0 Å². The van der Waals surface area contributed by atoms with Crippen molar-refractivity contribution in [2.75, 3.05) is 19.0 Å². The van der Waals surface area contributed by atoms with Gasteiger partial charge in [-0.3, -0.25) is 4.79 Å². The van der Waals surface area contributed by atoms with Crippen molar-refractivity contribution in [2.24, 2.45) is 0 Å². The zero-order valence-electron chi connectivity index (χ0n) is 11.6. The molecule has 1 aromatic rings. The summed E-state index contributed by atoms with van der Waals surface area (Å²) < 4.78 is 31.8. The molecule has 0 radical (unpaired) electrons. The first-order chi connectivity index (χ1) is 9.94. The van der Waals surface area contributed by atoms with E-state index in [1.807, 2.05) is 30.3 Å². The molecular formula is C14H19NO5S. The standard InChI is InChI=1S/C14H19NO5S/c16-13(17)14(7-9-20-10-8-14)15-21(18,19)11-6-12-4-2-1-3-5-12/h1-5,15H,6-11H2,(H,16,17). The van der Waals surface area contributed by atoms with Gasteiger partial charge in [-0.1, -0.05) is 30.3 Å². The molecule has 116 valence electrons. The number of hydrogen-bond donors (Lipinski definition) is 2. The van der Waals surface area contributed by atoms with Gasteiger partial charge in [-0.15, -0.1) is 0 Å². The van der Waals surface area contributed by atoms with E-state index >= 15 is 0 Å². The zero-order chi connectivity index (χ0) is 15.3. The van der Waals surface area contributed by atoms with E-state index in [1.54, 1.807) is 0 Å². The molecule has 0 unspecified atom stereocenters. The highest BCUT2D eigenvalue weighted by atomic mass is 32.2. The number of carbonyl (C=O) groups is 1. The molecule has 0 amide bonds. The van der Waals surface area contributed by atoms with E-state index in [2.05, 4.69) is 4.72 Å². The molecule has 1 aliphatic rings. The number of benzene rings is 1. The minimum atomic E-state index is -3.67. The van der Waals surface area contributed by atoms with Gasteiger partial charge in [0.2, 0.25) is 10.0 Å². The summed E-state index contributed by atoms with van der Waals surface area (Å²) in [7, 11) is -3.67. The monoisotopic (exact) mass is 313 g/mol. The van der Waals surface area contributed by atoms with E-state index in [0.29, 0.717) is 6.42 Å². The SMILES string of the molecule is O=C(O)C1(NS(=O)(=O)CCc2ccccc2)CCOCC1. The van der Waals surface area contributed by atoms with Crippen LogP contribution in [0.15, 0.2) is 30.3 Å². The molecule has 7 heteroatoms. The maximum Gasteiger partial charge on any atom is 0.325 e. The smallest absolute Gasteiger partial charge is 0.325 e. The second-order valence-electron chi connectivity index (χ2n) is 5.16. The lowest BCUT2D eigenvalue weighted by Gasteiger charge is -2.33. The minimum absolute atomic E-state index is 0.132. The van der Waals surface area contributed by atoms with Crippen molar-refractivity contribution in [2.45, 2.75) is 24.8 Å². The Morgan fingerprint density at radius 1 is 1.24 bits per heavy atom. The van der Waals surface area contributed by atoms with Gasteiger partial charge in [-0.05, 0) is 12.0 Å². The highest BCUT2D eigenvalue weighted by Gasteiger charge is 2.43. The zero-order valence-corrected chi connectivity index (χ0v) is 12.4. The molecule has 2 N–H and O–H groups in total. The quantitative estimate of drug-likeness (QED) is 0.810. The fourth-order valence-corrected chi connectivity index (χ4v) is 3.82. The number of carboxylic acid groups (broad SMARTS) is 1. The van der Waals surface area contributed by atoms with Crippen molar-refractivity contribution >= 4 is 16.0 Å². The molecule has 1 aliphatic heterocycles. The Labute approximate surface area is 124 Å². The fourth-order valence-electron chi connectivity index (χ4n) is 2.33. The fraction of sp³-hybridized carbons (Fsp3) is 0.500. The van der Waals surface area contributed by atoms with Gasteiger partial charge in [-0.2, -0.15) is 4.72 Å². The van der Waals surface area contributed by atoms with Crippen LogP contribution in [0.5, 0.6) is 0 Å². The Morgan fingerprint density at radius 2 is 1.86 bits per heavy atom. The third-order valence-corrected chi connectivity index (χ3v) is 5.05. The van der Waals surface area contributed by atoms with Gasteiger partial charge in [-0.25, -0.2) is 8.42 Å². The molecule has 0 saturated carbocycles. The van der Waals surface area contributed by atoms with Gasteiger partial charge in [0.05, 0.1) is 5.75 Å². The molecule has 0 spiro atoms. The maximum atomic E-state index is 12.2. The molecule has 0 aromatic heterocycles. The largest absolute Gasteiger partial charge is 0.480 e. The number of aliphatic carboxylic acids is 1. The van der Waals surface area contributed by atoms with E-state index in [0.717, 1.165) is 5.56 Å². The summed E-state index contributed by atoms with van der Waals surface area (Å²) in [5, 5.41) is 9.35. The van der Waals surface area contributed by atoms with Crippen molar-refractivity contribution in [1.29, 1.82) is 0 Å². The molecule has 0 aliphatic carbocycles. The van der Waals surface area contributed by atoms with Gasteiger partial charge in [0.25, 0.3) is 0 Å². The molecule has 6 nitrogen and oxygen atoms in total. The van der Waals surface area contributed by atoms with E-state index in [1.165, 1.54) is 0 Å². The highest BCUT2D eigenvalue weighted by Crippen LogP contribution is 2.22. The predicted octanol–water partition coefficient (Wildman–Crippen LogP) is 0.782. The predicted molar refractivity (Wildman–Crippen MR) is 77.5 cm³/mol. The first kappa shape index (κ1) is 15.9. The summed E-state index contributed by atoms with van der Waals surface area (Å²) in [4.78, 5) is 11.4. The Hall–Kier alpha value is -1.44. The van der Waals surface area contributed by atoms with Gasteiger partial charge in [0.15, 0.2) is 0 Å². The van der Waals surface area contributed by atoms with Gasteiger partial charge in [0, 0.05) is 26.1 Å². The maximum absolute atomic E-state index is 12.2. The van der Waals surface area contributed by atoms with E-state index in [9.17, 15) is 18.3 Å². The van der Waals surface area contributed by atoms with Crippen LogP contribution in [0.1, 0.15) is 18.4 Å². The van der Waals surface area contributed by atoms with Crippen LogP contribution < -0.4 is 4.72 Å². The van der Waals surface area contributed by atoms with Crippen molar-refractivity contribution in [3.05, 3.63) is 35.9 Å². The lowest BCUT2D eigenvalue weighted by Crippen LogP contribution is -2.57. The first-order valence-electron chi connectivity index (χ1n) is 6.80. The number of sulfonamides is 1. The van der Waals surface area contributed by atoms with Crippen molar-refractivity contribution in [3.63, 3.8) is 0 Å². The first-order valence-corrected chi connectivity index (χ1v) is 8.45. The average molecular weight is 313 g/mol. The molecule has 0 atom stereocenters. The Balaban J connectivity index is 2.03. The van der Waals surface area contributed by atoms with Crippen LogP contribution in [0.4, 0.5) is 0 Å². The van der Waals surface area contributed by atoms with Gasteiger partial charge >= 0.3 is 5.97 Å². The molecule has 2 rings (SSSR count). The molecule has 1 heterocycles. The normalized spacial score (nSPS) is 18.3. The number of aryl methyl sites for hydroxylation is 1. The lowest BCUT2D eigenvalue weighted by atomic mass is 9.92. The summed E-state index contributed by atoms with van der Waals surface area (Å²) >= 11 is 0. The van der Waals surface area contributed by atoms with Gasteiger partial charge in [0.1, 0.15) is 5.54 Å². The summed E-state index contributed by atoms with van der Waals surface area (Å²) in [6, 6.07) is 9.23. The third-order valence-electron chi connectivity index (χ3n) is 3.61. The second-order valence-corrected chi connectivity index (χ2v) is 7.00.